The van der Waals surface area contributed by atoms with Crippen LogP contribution in [0.4, 0.5) is 10.2 Å². The SMILES string of the molecule is Cc1nc(Cl)cc(N2CC[C@@H]2c2ccccc2F)n1. The van der Waals surface area contributed by atoms with Gasteiger partial charge < -0.3 is 4.90 Å². The zero-order valence-electron chi connectivity index (χ0n) is 10.5. The Morgan fingerprint density at radius 3 is 2.74 bits per heavy atom. The molecule has 2 heterocycles. The van der Waals surface area contributed by atoms with Gasteiger partial charge in [0.05, 0.1) is 6.04 Å². The predicted octanol–water partition coefficient (Wildman–Crippen LogP) is 3.53. The third-order valence-electron chi connectivity index (χ3n) is 3.37. The van der Waals surface area contributed by atoms with Crippen molar-refractivity contribution in [2.75, 3.05) is 11.4 Å². The molecule has 0 amide bonds. The molecule has 0 N–H and O–H groups in total. The molecular weight excluding hydrogens is 265 g/mol. The number of hydrogen-bond acceptors (Lipinski definition) is 3. The summed E-state index contributed by atoms with van der Waals surface area (Å²) in [5, 5.41) is 0.418. The standard InChI is InChI=1S/C14H13ClFN3/c1-9-17-13(15)8-14(18-9)19-7-6-12(19)10-4-2-3-5-11(10)16/h2-5,8,12H,6-7H2,1H3/t12-/m1/s1. The number of halogens is 2. The van der Waals surface area contributed by atoms with Crippen molar-refractivity contribution in [2.24, 2.45) is 0 Å². The summed E-state index contributed by atoms with van der Waals surface area (Å²) in [5.41, 5.74) is 0.709. The minimum Gasteiger partial charge on any atom is -0.349 e. The Labute approximate surface area is 116 Å². The molecule has 1 fully saturated rings. The van der Waals surface area contributed by atoms with E-state index < -0.39 is 0 Å². The highest BCUT2D eigenvalue weighted by molar-refractivity contribution is 6.29. The van der Waals surface area contributed by atoms with Gasteiger partial charge in [0.25, 0.3) is 0 Å². The summed E-state index contributed by atoms with van der Waals surface area (Å²) in [5.74, 6) is 1.22. The van der Waals surface area contributed by atoms with Crippen molar-refractivity contribution >= 4 is 17.4 Å². The minimum atomic E-state index is -0.172. The highest BCUT2D eigenvalue weighted by Gasteiger charge is 2.32. The van der Waals surface area contributed by atoms with Gasteiger partial charge in [0, 0.05) is 18.2 Å². The van der Waals surface area contributed by atoms with Gasteiger partial charge in [0.1, 0.15) is 22.6 Å². The molecule has 0 aliphatic carbocycles. The lowest BCUT2D eigenvalue weighted by Crippen LogP contribution is -2.42. The topological polar surface area (TPSA) is 29.0 Å². The minimum absolute atomic E-state index is 0.0339. The molecule has 1 aromatic heterocycles. The average molecular weight is 278 g/mol. The van der Waals surface area contributed by atoms with Crippen LogP contribution in [0.15, 0.2) is 30.3 Å². The van der Waals surface area contributed by atoms with Crippen LogP contribution in [0.1, 0.15) is 23.9 Å². The number of aryl methyl sites for hydroxylation is 1. The second-order valence-electron chi connectivity index (χ2n) is 4.62. The third-order valence-corrected chi connectivity index (χ3v) is 3.56. The monoisotopic (exact) mass is 277 g/mol. The summed E-state index contributed by atoms with van der Waals surface area (Å²) < 4.78 is 13.8. The molecule has 0 bridgehead atoms. The maximum absolute atomic E-state index is 13.8. The van der Waals surface area contributed by atoms with Crippen LogP contribution in [0.5, 0.6) is 0 Å². The Kier molecular flexibility index (Phi) is 3.11. The van der Waals surface area contributed by atoms with Gasteiger partial charge in [0.15, 0.2) is 0 Å². The van der Waals surface area contributed by atoms with Gasteiger partial charge in [-0.15, -0.1) is 0 Å². The van der Waals surface area contributed by atoms with Crippen LogP contribution in [-0.4, -0.2) is 16.5 Å². The second kappa shape index (κ2) is 4.78. The number of nitrogens with zero attached hydrogens (tertiary/aromatic N) is 3. The van der Waals surface area contributed by atoms with Crippen LogP contribution in [0.2, 0.25) is 5.15 Å². The molecular formula is C14H13ClFN3. The van der Waals surface area contributed by atoms with Gasteiger partial charge in [-0.1, -0.05) is 29.8 Å². The van der Waals surface area contributed by atoms with Gasteiger partial charge >= 0.3 is 0 Å². The number of aromatic nitrogens is 2. The van der Waals surface area contributed by atoms with Crippen molar-refractivity contribution in [3.63, 3.8) is 0 Å². The second-order valence-corrected chi connectivity index (χ2v) is 5.00. The van der Waals surface area contributed by atoms with E-state index in [9.17, 15) is 4.39 Å². The van der Waals surface area contributed by atoms with E-state index in [0.29, 0.717) is 16.5 Å². The quantitative estimate of drug-likeness (QED) is 0.787. The Bertz CT molecular complexity index is 597. The van der Waals surface area contributed by atoms with E-state index in [4.69, 9.17) is 11.6 Å². The summed E-state index contributed by atoms with van der Waals surface area (Å²) in [6.07, 6.45) is 0.918. The summed E-state index contributed by atoms with van der Waals surface area (Å²) in [6.45, 7) is 2.65. The van der Waals surface area contributed by atoms with Crippen molar-refractivity contribution in [2.45, 2.75) is 19.4 Å². The van der Waals surface area contributed by atoms with Gasteiger partial charge in [-0.05, 0) is 19.4 Å². The van der Waals surface area contributed by atoms with E-state index in [1.165, 1.54) is 6.07 Å². The molecule has 0 spiro atoms. The lowest BCUT2D eigenvalue weighted by molar-refractivity contribution is 0.440. The Morgan fingerprint density at radius 2 is 2.11 bits per heavy atom. The molecule has 2 aromatic rings. The van der Waals surface area contributed by atoms with Crippen LogP contribution in [0, 0.1) is 12.7 Å². The first-order valence-corrected chi connectivity index (χ1v) is 6.55. The summed E-state index contributed by atoms with van der Waals surface area (Å²) in [7, 11) is 0. The van der Waals surface area contributed by atoms with Crippen LogP contribution in [0.3, 0.4) is 0 Å². The van der Waals surface area contributed by atoms with E-state index >= 15 is 0 Å². The molecule has 3 nitrogen and oxygen atoms in total. The van der Waals surface area contributed by atoms with Crippen molar-refractivity contribution in [3.8, 4) is 0 Å². The maximum Gasteiger partial charge on any atom is 0.134 e. The van der Waals surface area contributed by atoms with E-state index in [2.05, 4.69) is 14.9 Å². The zero-order chi connectivity index (χ0) is 13.4. The fourth-order valence-corrected chi connectivity index (χ4v) is 2.61. The predicted molar refractivity (Wildman–Crippen MR) is 72.9 cm³/mol. The first kappa shape index (κ1) is 12.4. The Morgan fingerprint density at radius 1 is 1.32 bits per heavy atom. The molecule has 3 rings (SSSR count). The lowest BCUT2D eigenvalue weighted by Gasteiger charge is -2.42. The molecule has 5 heteroatoms. The number of anilines is 1. The first-order chi connectivity index (χ1) is 9.15. The summed E-state index contributed by atoms with van der Waals surface area (Å²) in [4.78, 5) is 10.5. The lowest BCUT2D eigenvalue weighted by atomic mass is 9.94. The van der Waals surface area contributed by atoms with Crippen LogP contribution in [-0.2, 0) is 0 Å². The van der Waals surface area contributed by atoms with Crippen molar-refractivity contribution < 1.29 is 4.39 Å². The highest BCUT2D eigenvalue weighted by Crippen LogP contribution is 2.38. The van der Waals surface area contributed by atoms with Crippen LogP contribution in [0.25, 0.3) is 0 Å². The largest absolute Gasteiger partial charge is 0.349 e. The molecule has 1 aliphatic heterocycles. The Hall–Kier alpha value is -1.68. The van der Waals surface area contributed by atoms with Gasteiger partial charge in [-0.25, -0.2) is 14.4 Å². The molecule has 1 atom stereocenters. The Balaban J connectivity index is 1.93. The van der Waals surface area contributed by atoms with Crippen molar-refractivity contribution in [1.82, 2.24) is 9.97 Å². The third kappa shape index (κ3) is 2.28. The van der Waals surface area contributed by atoms with Gasteiger partial charge in [-0.3, -0.25) is 0 Å². The summed E-state index contributed by atoms with van der Waals surface area (Å²) in [6, 6.07) is 8.63. The fourth-order valence-electron chi connectivity index (χ4n) is 2.39. The number of hydrogen-bond donors (Lipinski definition) is 0. The van der Waals surface area contributed by atoms with Crippen LogP contribution < -0.4 is 4.90 Å². The molecule has 1 saturated heterocycles. The molecule has 19 heavy (non-hydrogen) atoms. The zero-order valence-corrected chi connectivity index (χ0v) is 11.2. The molecule has 1 aliphatic rings. The fraction of sp³-hybridized carbons (Fsp3) is 0.286. The van der Waals surface area contributed by atoms with Crippen LogP contribution >= 0.6 is 11.6 Å². The van der Waals surface area contributed by atoms with Gasteiger partial charge in [-0.2, -0.15) is 0 Å². The van der Waals surface area contributed by atoms with Gasteiger partial charge in [0.2, 0.25) is 0 Å². The van der Waals surface area contributed by atoms with Crippen molar-refractivity contribution in [1.29, 1.82) is 0 Å². The molecule has 0 radical (unpaired) electrons. The molecule has 98 valence electrons. The first-order valence-electron chi connectivity index (χ1n) is 6.17. The number of benzene rings is 1. The smallest absolute Gasteiger partial charge is 0.134 e. The van der Waals surface area contributed by atoms with E-state index in [-0.39, 0.29) is 11.9 Å². The maximum atomic E-state index is 13.8. The number of rotatable bonds is 2. The molecule has 0 saturated carbocycles. The normalized spacial score (nSPS) is 18.3. The van der Waals surface area contributed by atoms with E-state index in [1.54, 1.807) is 19.1 Å². The molecule has 0 unspecified atom stereocenters. The molecule has 1 aromatic carbocycles. The van der Waals surface area contributed by atoms with E-state index in [1.807, 2.05) is 12.1 Å². The highest BCUT2D eigenvalue weighted by atomic mass is 35.5. The van der Waals surface area contributed by atoms with Crippen molar-refractivity contribution in [3.05, 3.63) is 52.7 Å². The summed E-state index contributed by atoms with van der Waals surface area (Å²) >= 11 is 5.95. The van der Waals surface area contributed by atoms with E-state index in [0.717, 1.165) is 18.8 Å². The average Bonchev–Trinajstić information content (AvgIpc) is 2.29.